The molecule has 2 atom stereocenters. The highest BCUT2D eigenvalue weighted by Crippen LogP contribution is 2.38. The number of likely N-dealkylation sites (N-methyl/N-ethyl adjacent to an activating group) is 1. The van der Waals surface area contributed by atoms with Crippen molar-refractivity contribution in [1.82, 2.24) is 4.90 Å². The number of carbonyl (C=O) groups excluding carboxylic acids is 1. The number of nitrogens with zero attached hydrogens (tertiary/aromatic N) is 1. The first kappa shape index (κ1) is 20.0. The van der Waals surface area contributed by atoms with E-state index in [1.807, 2.05) is 18.0 Å². The van der Waals surface area contributed by atoms with E-state index in [1.165, 1.54) is 11.1 Å². The van der Waals surface area contributed by atoms with Crippen molar-refractivity contribution in [2.45, 2.75) is 57.9 Å². The second kappa shape index (κ2) is 8.16. The molecule has 1 aromatic rings. The zero-order valence-corrected chi connectivity index (χ0v) is 15.7. The van der Waals surface area contributed by atoms with Crippen molar-refractivity contribution in [3.05, 3.63) is 35.4 Å². The SMILES string of the molecule is CC(C)C(N)CCN(C)C(=O)C1(C)CCCc2ccccc21.Cl. The molecule has 2 unspecified atom stereocenters. The predicted molar refractivity (Wildman–Crippen MR) is 99.0 cm³/mol. The van der Waals surface area contributed by atoms with Gasteiger partial charge in [0.05, 0.1) is 5.41 Å². The van der Waals surface area contributed by atoms with Crippen LogP contribution in [-0.2, 0) is 16.6 Å². The molecule has 0 heterocycles. The number of halogens is 1. The lowest BCUT2D eigenvalue weighted by Crippen LogP contribution is -2.46. The normalized spacial score (nSPS) is 21.3. The Hall–Kier alpha value is -1.06. The van der Waals surface area contributed by atoms with Crippen molar-refractivity contribution in [3.8, 4) is 0 Å². The van der Waals surface area contributed by atoms with Gasteiger partial charge in [-0.3, -0.25) is 4.79 Å². The van der Waals surface area contributed by atoms with E-state index < -0.39 is 0 Å². The third-order valence-corrected chi connectivity index (χ3v) is 5.21. The Bertz CT molecular complexity index is 532. The summed E-state index contributed by atoms with van der Waals surface area (Å²) in [6, 6.07) is 8.56. The first-order valence-corrected chi connectivity index (χ1v) is 8.46. The molecule has 1 aliphatic rings. The number of aryl methyl sites for hydroxylation is 1. The van der Waals surface area contributed by atoms with Crippen LogP contribution in [0.15, 0.2) is 24.3 Å². The van der Waals surface area contributed by atoms with Crippen molar-refractivity contribution >= 4 is 18.3 Å². The van der Waals surface area contributed by atoms with Gasteiger partial charge in [-0.2, -0.15) is 0 Å². The third-order valence-electron chi connectivity index (χ3n) is 5.21. The number of rotatable bonds is 5. The van der Waals surface area contributed by atoms with Crippen LogP contribution < -0.4 is 5.73 Å². The average Bonchev–Trinajstić information content (AvgIpc) is 2.51. The van der Waals surface area contributed by atoms with E-state index in [0.29, 0.717) is 5.92 Å². The average molecular weight is 339 g/mol. The molecule has 1 amide bonds. The van der Waals surface area contributed by atoms with Gasteiger partial charge in [0.2, 0.25) is 5.91 Å². The van der Waals surface area contributed by atoms with Crippen LogP contribution in [0.4, 0.5) is 0 Å². The van der Waals surface area contributed by atoms with Crippen molar-refractivity contribution < 1.29 is 4.79 Å². The van der Waals surface area contributed by atoms with Gasteiger partial charge in [0, 0.05) is 19.6 Å². The Morgan fingerprint density at radius 1 is 1.35 bits per heavy atom. The minimum absolute atomic E-state index is 0. The molecular weight excluding hydrogens is 308 g/mol. The van der Waals surface area contributed by atoms with Crippen molar-refractivity contribution in [1.29, 1.82) is 0 Å². The first-order valence-electron chi connectivity index (χ1n) is 8.46. The van der Waals surface area contributed by atoms with Crippen LogP contribution in [0.3, 0.4) is 0 Å². The van der Waals surface area contributed by atoms with Crippen LogP contribution >= 0.6 is 12.4 Å². The molecule has 0 radical (unpaired) electrons. The van der Waals surface area contributed by atoms with Crippen molar-refractivity contribution in [3.63, 3.8) is 0 Å². The summed E-state index contributed by atoms with van der Waals surface area (Å²) in [6.07, 6.45) is 3.96. The topological polar surface area (TPSA) is 46.3 Å². The highest BCUT2D eigenvalue weighted by atomic mass is 35.5. The lowest BCUT2D eigenvalue weighted by molar-refractivity contribution is -0.136. The highest BCUT2D eigenvalue weighted by molar-refractivity contribution is 5.88. The third kappa shape index (κ3) is 4.27. The Labute approximate surface area is 147 Å². The lowest BCUT2D eigenvalue weighted by Gasteiger charge is -2.38. The molecule has 0 saturated heterocycles. The molecule has 0 fully saturated rings. The predicted octanol–water partition coefficient (Wildman–Crippen LogP) is 3.53. The molecule has 1 aliphatic carbocycles. The number of fused-ring (bicyclic) bond motifs is 1. The van der Waals surface area contributed by atoms with E-state index in [2.05, 4.69) is 39.0 Å². The van der Waals surface area contributed by atoms with Gasteiger partial charge in [-0.05, 0) is 49.7 Å². The Morgan fingerprint density at radius 3 is 2.65 bits per heavy atom. The molecule has 0 aromatic heterocycles. The standard InChI is InChI=1S/C19H30N2O.ClH/c1-14(2)17(20)11-13-21(4)18(22)19(3)12-7-9-15-8-5-6-10-16(15)19;/h5-6,8,10,14,17H,7,9,11-13,20H2,1-4H3;1H. The number of nitrogens with two attached hydrogens (primary N) is 1. The summed E-state index contributed by atoms with van der Waals surface area (Å²) >= 11 is 0. The summed E-state index contributed by atoms with van der Waals surface area (Å²) in [5.41, 5.74) is 8.28. The maximum atomic E-state index is 13.1. The zero-order valence-electron chi connectivity index (χ0n) is 14.8. The molecule has 23 heavy (non-hydrogen) atoms. The van der Waals surface area contributed by atoms with E-state index in [4.69, 9.17) is 5.73 Å². The fourth-order valence-corrected chi connectivity index (χ4v) is 3.46. The second-order valence-corrected chi connectivity index (χ2v) is 7.27. The molecule has 2 N–H and O–H groups in total. The fraction of sp³-hybridized carbons (Fsp3) is 0.632. The van der Waals surface area contributed by atoms with E-state index in [-0.39, 0.29) is 29.8 Å². The smallest absolute Gasteiger partial charge is 0.232 e. The summed E-state index contributed by atoms with van der Waals surface area (Å²) in [7, 11) is 1.91. The summed E-state index contributed by atoms with van der Waals surface area (Å²) in [5.74, 6) is 0.685. The first-order chi connectivity index (χ1) is 10.4. The summed E-state index contributed by atoms with van der Waals surface area (Å²) in [4.78, 5) is 14.9. The Kier molecular flexibility index (Phi) is 7.09. The van der Waals surface area contributed by atoms with Crippen molar-refractivity contribution in [2.75, 3.05) is 13.6 Å². The minimum Gasteiger partial charge on any atom is -0.345 e. The molecular formula is C19H31ClN2O. The number of hydrogen-bond donors (Lipinski definition) is 1. The summed E-state index contributed by atoms with van der Waals surface area (Å²) in [6.45, 7) is 7.10. The van der Waals surface area contributed by atoms with Gasteiger partial charge in [-0.1, -0.05) is 38.1 Å². The van der Waals surface area contributed by atoms with E-state index in [1.54, 1.807) is 0 Å². The number of amides is 1. The Balaban J connectivity index is 0.00000264. The fourth-order valence-electron chi connectivity index (χ4n) is 3.46. The van der Waals surface area contributed by atoms with Gasteiger partial charge in [0.1, 0.15) is 0 Å². The molecule has 3 nitrogen and oxygen atoms in total. The highest BCUT2D eigenvalue weighted by Gasteiger charge is 2.40. The largest absolute Gasteiger partial charge is 0.345 e. The van der Waals surface area contributed by atoms with Crippen LogP contribution in [0.25, 0.3) is 0 Å². The van der Waals surface area contributed by atoms with Crippen LogP contribution in [0, 0.1) is 5.92 Å². The van der Waals surface area contributed by atoms with Crippen LogP contribution in [-0.4, -0.2) is 30.4 Å². The van der Waals surface area contributed by atoms with Crippen LogP contribution in [0.2, 0.25) is 0 Å². The monoisotopic (exact) mass is 338 g/mol. The molecule has 0 aliphatic heterocycles. The van der Waals surface area contributed by atoms with Crippen molar-refractivity contribution in [2.24, 2.45) is 11.7 Å². The van der Waals surface area contributed by atoms with Crippen LogP contribution in [0.1, 0.15) is 51.2 Å². The molecule has 4 heteroatoms. The van der Waals surface area contributed by atoms with E-state index in [9.17, 15) is 4.79 Å². The maximum absolute atomic E-state index is 13.1. The molecule has 1 aromatic carbocycles. The molecule has 0 bridgehead atoms. The Morgan fingerprint density at radius 2 is 2.00 bits per heavy atom. The molecule has 2 rings (SSSR count). The number of benzene rings is 1. The van der Waals surface area contributed by atoms with Gasteiger partial charge in [-0.25, -0.2) is 0 Å². The number of hydrogen-bond acceptors (Lipinski definition) is 2. The second-order valence-electron chi connectivity index (χ2n) is 7.27. The summed E-state index contributed by atoms with van der Waals surface area (Å²) in [5, 5.41) is 0. The quantitative estimate of drug-likeness (QED) is 0.892. The molecule has 0 spiro atoms. The van der Waals surface area contributed by atoms with Gasteiger partial charge in [0.15, 0.2) is 0 Å². The molecule has 0 saturated carbocycles. The number of carbonyl (C=O) groups is 1. The lowest BCUT2D eigenvalue weighted by atomic mass is 9.70. The maximum Gasteiger partial charge on any atom is 0.232 e. The van der Waals surface area contributed by atoms with Gasteiger partial charge in [0.25, 0.3) is 0 Å². The van der Waals surface area contributed by atoms with Gasteiger partial charge < -0.3 is 10.6 Å². The zero-order chi connectivity index (χ0) is 16.3. The van der Waals surface area contributed by atoms with E-state index in [0.717, 1.165) is 32.2 Å². The van der Waals surface area contributed by atoms with Crippen LogP contribution in [0.5, 0.6) is 0 Å². The summed E-state index contributed by atoms with van der Waals surface area (Å²) < 4.78 is 0. The molecule has 130 valence electrons. The van der Waals surface area contributed by atoms with Gasteiger partial charge >= 0.3 is 0 Å². The van der Waals surface area contributed by atoms with E-state index >= 15 is 0 Å². The minimum atomic E-state index is -0.383. The van der Waals surface area contributed by atoms with Gasteiger partial charge in [-0.15, -0.1) is 12.4 Å².